The first-order chi connectivity index (χ1) is 10.7. The molecule has 0 amide bonds. The fourth-order valence-corrected chi connectivity index (χ4v) is 4.08. The van der Waals surface area contributed by atoms with Crippen LogP contribution in [-0.2, 0) is 6.42 Å². The molecule has 0 saturated heterocycles. The van der Waals surface area contributed by atoms with Crippen LogP contribution in [0.25, 0.3) is 0 Å². The van der Waals surface area contributed by atoms with Gasteiger partial charge in [-0.1, -0.05) is 17.8 Å². The van der Waals surface area contributed by atoms with E-state index in [1.807, 2.05) is 0 Å². The van der Waals surface area contributed by atoms with Gasteiger partial charge in [0.25, 0.3) is 0 Å². The average molecular weight is 315 g/mol. The smallest absolute Gasteiger partial charge is 0.163 e. The molecule has 2 heterocycles. The van der Waals surface area contributed by atoms with Gasteiger partial charge in [0.1, 0.15) is 5.03 Å². The summed E-state index contributed by atoms with van der Waals surface area (Å²) in [5, 5.41) is 23.6. The lowest BCUT2D eigenvalue weighted by Crippen LogP contribution is -2.17. The van der Waals surface area contributed by atoms with E-state index in [2.05, 4.69) is 33.5 Å². The molecule has 2 atom stereocenters. The molecule has 0 spiro atoms. The lowest BCUT2D eigenvalue weighted by atomic mass is 9.97. The average Bonchev–Trinajstić information content (AvgIpc) is 2.83. The van der Waals surface area contributed by atoms with Gasteiger partial charge in [-0.15, -0.1) is 0 Å². The Kier molecular flexibility index (Phi) is 3.52. The normalized spacial score (nSPS) is 23.7. The van der Waals surface area contributed by atoms with Crippen LogP contribution in [0.5, 0.6) is 0 Å². The Hall–Kier alpha value is -1.63. The highest BCUT2D eigenvalue weighted by molar-refractivity contribution is 7.99. The third kappa shape index (κ3) is 2.58. The Morgan fingerprint density at radius 1 is 1.14 bits per heavy atom. The molecule has 0 radical (unpaired) electrons. The largest absolute Gasteiger partial charge is 0.390 e. The maximum absolute atomic E-state index is 9.67. The summed E-state index contributed by atoms with van der Waals surface area (Å²) in [4.78, 5) is 9.78. The molecule has 1 fully saturated rings. The number of aliphatic hydroxyl groups is 2. The molecule has 1 aromatic heterocycles. The van der Waals surface area contributed by atoms with Crippen molar-refractivity contribution in [2.45, 2.75) is 41.4 Å². The molecule has 0 unspecified atom stereocenters. The SMILES string of the molecule is O[C@@H]1CC(Cc2ccc3c(c2)Nc2nccnc2S3)C[C@H]1O. The maximum Gasteiger partial charge on any atom is 0.163 e. The van der Waals surface area contributed by atoms with Gasteiger partial charge in [0, 0.05) is 17.3 Å². The van der Waals surface area contributed by atoms with E-state index in [1.54, 1.807) is 24.2 Å². The minimum atomic E-state index is -0.571. The van der Waals surface area contributed by atoms with E-state index < -0.39 is 12.2 Å². The Morgan fingerprint density at radius 3 is 2.73 bits per heavy atom. The summed E-state index contributed by atoms with van der Waals surface area (Å²) in [6, 6.07) is 6.35. The highest BCUT2D eigenvalue weighted by atomic mass is 32.2. The van der Waals surface area contributed by atoms with Gasteiger partial charge in [-0.05, 0) is 42.9 Å². The summed E-state index contributed by atoms with van der Waals surface area (Å²) >= 11 is 1.62. The molecule has 4 rings (SSSR count). The fourth-order valence-electron chi connectivity index (χ4n) is 3.20. The van der Waals surface area contributed by atoms with Gasteiger partial charge >= 0.3 is 0 Å². The standard InChI is InChI=1S/C16H17N3O2S/c20-12-7-10(8-13(12)21)5-9-1-2-14-11(6-9)19-15-16(22-14)18-4-3-17-15/h1-4,6,10,12-13,20-21H,5,7-8H2,(H,17,19)/t12-,13-/m1/s1. The Bertz CT molecular complexity index is 700. The number of hydrogen-bond acceptors (Lipinski definition) is 6. The number of hydrogen-bond donors (Lipinski definition) is 3. The summed E-state index contributed by atoms with van der Waals surface area (Å²) in [5.74, 6) is 1.13. The zero-order valence-electron chi connectivity index (χ0n) is 11.9. The fraction of sp³-hybridized carbons (Fsp3) is 0.375. The van der Waals surface area contributed by atoms with Crippen molar-refractivity contribution in [3.8, 4) is 0 Å². The lowest BCUT2D eigenvalue weighted by Gasteiger charge is -2.20. The Morgan fingerprint density at radius 2 is 1.91 bits per heavy atom. The number of benzene rings is 1. The third-order valence-electron chi connectivity index (χ3n) is 4.29. The lowest BCUT2D eigenvalue weighted by molar-refractivity contribution is 0.0438. The summed E-state index contributed by atoms with van der Waals surface area (Å²) < 4.78 is 0. The van der Waals surface area contributed by atoms with Crippen LogP contribution in [-0.4, -0.2) is 32.4 Å². The number of aromatic nitrogens is 2. The number of anilines is 2. The molecular formula is C16H17N3O2S. The van der Waals surface area contributed by atoms with Crippen LogP contribution in [0.3, 0.4) is 0 Å². The molecule has 114 valence electrons. The number of aliphatic hydroxyl groups excluding tert-OH is 2. The molecule has 2 aliphatic rings. The minimum Gasteiger partial charge on any atom is -0.390 e. The van der Waals surface area contributed by atoms with Gasteiger partial charge in [-0.25, -0.2) is 9.97 Å². The van der Waals surface area contributed by atoms with Crippen molar-refractivity contribution in [3.63, 3.8) is 0 Å². The van der Waals surface area contributed by atoms with Crippen molar-refractivity contribution in [2.24, 2.45) is 5.92 Å². The van der Waals surface area contributed by atoms with Gasteiger partial charge in [0.15, 0.2) is 5.82 Å². The van der Waals surface area contributed by atoms with Gasteiger partial charge in [0.05, 0.1) is 17.9 Å². The third-order valence-corrected chi connectivity index (χ3v) is 5.35. The van der Waals surface area contributed by atoms with Gasteiger partial charge in [0.2, 0.25) is 0 Å². The molecular weight excluding hydrogens is 298 g/mol. The molecule has 1 aliphatic heterocycles. The summed E-state index contributed by atoms with van der Waals surface area (Å²) in [7, 11) is 0. The van der Waals surface area contributed by atoms with Crippen LogP contribution < -0.4 is 5.32 Å². The number of fused-ring (bicyclic) bond motifs is 2. The Labute approximate surface area is 132 Å². The van der Waals surface area contributed by atoms with E-state index in [9.17, 15) is 10.2 Å². The van der Waals surface area contributed by atoms with E-state index in [-0.39, 0.29) is 0 Å². The van der Waals surface area contributed by atoms with E-state index >= 15 is 0 Å². The zero-order chi connectivity index (χ0) is 15.1. The molecule has 1 saturated carbocycles. The van der Waals surface area contributed by atoms with Crippen molar-refractivity contribution < 1.29 is 10.2 Å². The van der Waals surface area contributed by atoms with Crippen LogP contribution in [0.1, 0.15) is 18.4 Å². The number of nitrogens with zero attached hydrogens (tertiary/aromatic N) is 2. The molecule has 2 aromatic rings. The zero-order valence-corrected chi connectivity index (χ0v) is 12.8. The van der Waals surface area contributed by atoms with E-state index in [1.165, 1.54) is 5.56 Å². The van der Waals surface area contributed by atoms with Crippen molar-refractivity contribution >= 4 is 23.3 Å². The molecule has 0 bridgehead atoms. The first kappa shape index (κ1) is 14.0. The van der Waals surface area contributed by atoms with Crippen LogP contribution in [0.2, 0.25) is 0 Å². The second-order valence-corrected chi connectivity index (χ2v) is 6.97. The molecule has 5 nitrogen and oxygen atoms in total. The monoisotopic (exact) mass is 315 g/mol. The summed E-state index contributed by atoms with van der Waals surface area (Å²) in [6.45, 7) is 0. The topological polar surface area (TPSA) is 78.3 Å². The summed E-state index contributed by atoms with van der Waals surface area (Å²) in [6.07, 6.45) is 4.47. The van der Waals surface area contributed by atoms with Crippen molar-refractivity contribution in [1.29, 1.82) is 0 Å². The van der Waals surface area contributed by atoms with E-state index in [0.29, 0.717) is 18.8 Å². The predicted octanol–water partition coefficient (Wildman–Crippen LogP) is 2.36. The molecule has 6 heteroatoms. The van der Waals surface area contributed by atoms with Crippen LogP contribution >= 0.6 is 11.8 Å². The molecule has 1 aromatic carbocycles. The number of rotatable bonds is 2. The first-order valence-corrected chi connectivity index (χ1v) is 8.25. The molecule has 22 heavy (non-hydrogen) atoms. The second kappa shape index (κ2) is 5.53. The summed E-state index contributed by atoms with van der Waals surface area (Å²) in [5.41, 5.74) is 2.26. The van der Waals surface area contributed by atoms with E-state index in [4.69, 9.17) is 0 Å². The van der Waals surface area contributed by atoms with Crippen molar-refractivity contribution in [2.75, 3.05) is 5.32 Å². The van der Waals surface area contributed by atoms with Crippen LogP contribution in [0.4, 0.5) is 11.5 Å². The van der Waals surface area contributed by atoms with Gasteiger partial charge in [-0.3, -0.25) is 0 Å². The van der Waals surface area contributed by atoms with Gasteiger partial charge in [-0.2, -0.15) is 0 Å². The van der Waals surface area contributed by atoms with Crippen molar-refractivity contribution in [1.82, 2.24) is 9.97 Å². The molecule has 3 N–H and O–H groups in total. The minimum absolute atomic E-state index is 0.339. The highest BCUT2D eigenvalue weighted by Gasteiger charge is 2.31. The van der Waals surface area contributed by atoms with Crippen LogP contribution in [0.15, 0.2) is 40.5 Å². The van der Waals surface area contributed by atoms with E-state index in [0.717, 1.165) is 27.8 Å². The number of nitrogens with one attached hydrogen (secondary N) is 1. The molecule has 1 aliphatic carbocycles. The quantitative estimate of drug-likeness (QED) is 0.674. The second-order valence-electron chi connectivity index (χ2n) is 5.94. The van der Waals surface area contributed by atoms with Gasteiger partial charge < -0.3 is 15.5 Å². The van der Waals surface area contributed by atoms with Crippen LogP contribution in [0, 0.1) is 5.92 Å². The predicted molar refractivity (Wildman–Crippen MR) is 84.3 cm³/mol. The first-order valence-electron chi connectivity index (χ1n) is 7.44. The highest BCUT2D eigenvalue weighted by Crippen LogP contribution is 2.42. The Balaban J connectivity index is 1.53. The van der Waals surface area contributed by atoms with Crippen molar-refractivity contribution in [3.05, 3.63) is 36.2 Å². The maximum atomic E-state index is 9.67.